The van der Waals surface area contributed by atoms with Gasteiger partial charge in [-0.3, -0.25) is 4.79 Å². The molecule has 1 aliphatic carbocycles. The van der Waals surface area contributed by atoms with Crippen molar-refractivity contribution >= 4 is 5.91 Å². The van der Waals surface area contributed by atoms with Gasteiger partial charge in [-0.15, -0.1) is 0 Å². The fourth-order valence-corrected chi connectivity index (χ4v) is 2.30. The predicted octanol–water partition coefficient (Wildman–Crippen LogP) is -0.355. The quantitative estimate of drug-likeness (QED) is 0.692. The molecule has 0 spiro atoms. The molecule has 0 aromatic rings. The van der Waals surface area contributed by atoms with Crippen LogP contribution in [0.25, 0.3) is 0 Å². The molecule has 0 bridgehead atoms. The number of carbonyl (C=O) groups is 1. The van der Waals surface area contributed by atoms with Crippen molar-refractivity contribution in [3.8, 4) is 0 Å². The zero-order valence-electron chi connectivity index (χ0n) is 9.48. The monoisotopic (exact) mass is 228 g/mol. The van der Waals surface area contributed by atoms with E-state index in [9.17, 15) is 4.79 Å². The number of rotatable bonds is 3. The van der Waals surface area contributed by atoms with Crippen molar-refractivity contribution < 1.29 is 14.3 Å². The molecule has 1 amide bonds. The van der Waals surface area contributed by atoms with Gasteiger partial charge in [0.25, 0.3) is 5.91 Å². The number of carbonyl (C=O) groups excluding carboxylic acids is 1. The molecule has 3 N–H and O–H groups in total. The second-order valence-corrected chi connectivity index (χ2v) is 4.53. The third-order valence-corrected chi connectivity index (χ3v) is 3.36. The van der Waals surface area contributed by atoms with Crippen molar-refractivity contribution in [3.63, 3.8) is 0 Å². The zero-order valence-corrected chi connectivity index (χ0v) is 9.48. The smallest absolute Gasteiger partial charge is 0.251 e. The average molecular weight is 228 g/mol. The van der Waals surface area contributed by atoms with Crippen LogP contribution in [0.3, 0.4) is 0 Å². The summed E-state index contributed by atoms with van der Waals surface area (Å²) in [6.45, 7) is 2.11. The molecule has 2 aliphatic rings. The van der Waals surface area contributed by atoms with Crippen LogP contribution >= 0.6 is 0 Å². The van der Waals surface area contributed by atoms with Crippen molar-refractivity contribution in [2.24, 2.45) is 11.7 Å². The molecule has 16 heavy (non-hydrogen) atoms. The van der Waals surface area contributed by atoms with Crippen LogP contribution < -0.4 is 11.1 Å². The standard InChI is InChI=1S/C11H20N2O3/c12-9-3-1-2-8(9)6-13-11(14)10-7-15-4-5-16-10/h8-10H,1-7,12H2,(H,13,14). The molecule has 0 aromatic carbocycles. The lowest BCUT2D eigenvalue weighted by molar-refractivity contribution is -0.147. The Balaban J connectivity index is 1.70. The van der Waals surface area contributed by atoms with E-state index in [2.05, 4.69) is 5.32 Å². The lowest BCUT2D eigenvalue weighted by Gasteiger charge is -2.23. The van der Waals surface area contributed by atoms with E-state index in [-0.39, 0.29) is 11.9 Å². The fraction of sp³-hybridized carbons (Fsp3) is 0.909. The molecule has 1 saturated carbocycles. The van der Waals surface area contributed by atoms with Gasteiger partial charge in [-0.1, -0.05) is 6.42 Å². The van der Waals surface area contributed by atoms with Gasteiger partial charge >= 0.3 is 0 Å². The molecular weight excluding hydrogens is 208 g/mol. The summed E-state index contributed by atoms with van der Waals surface area (Å²) in [5.41, 5.74) is 5.94. The molecule has 5 nitrogen and oxygen atoms in total. The lowest BCUT2D eigenvalue weighted by atomic mass is 10.0. The van der Waals surface area contributed by atoms with E-state index in [1.54, 1.807) is 0 Å². The molecule has 0 aromatic heterocycles. The van der Waals surface area contributed by atoms with Gasteiger partial charge in [-0.05, 0) is 18.8 Å². The van der Waals surface area contributed by atoms with E-state index >= 15 is 0 Å². The SMILES string of the molecule is NC1CCCC1CNC(=O)C1COCCO1. The highest BCUT2D eigenvalue weighted by atomic mass is 16.6. The summed E-state index contributed by atoms with van der Waals surface area (Å²) >= 11 is 0. The first-order valence-electron chi connectivity index (χ1n) is 6.00. The molecule has 3 atom stereocenters. The summed E-state index contributed by atoms with van der Waals surface area (Å²) in [4.78, 5) is 11.7. The molecule has 3 unspecified atom stereocenters. The number of hydrogen-bond donors (Lipinski definition) is 2. The zero-order chi connectivity index (χ0) is 11.4. The predicted molar refractivity (Wildman–Crippen MR) is 58.9 cm³/mol. The van der Waals surface area contributed by atoms with E-state index in [1.165, 1.54) is 6.42 Å². The van der Waals surface area contributed by atoms with Gasteiger partial charge in [0.05, 0.1) is 19.8 Å². The minimum absolute atomic E-state index is 0.0706. The van der Waals surface area contributed by atoms with Crippen LogP contribution in [0.1, 0.15) is 19.3 Å². The van der Waals surface area contributed by atoms with Crippen molar-refractivity contribution in [1.29, 1.82) is 0 Å². The van der Waals surface area contributed by atoms with Crippen molar-refractivity contribution in [2.75, 3.05) is 26.4 Å². The molecule has 5 heteroatoms. The number of nitrogens with two attached hydrogens (primary N) is 1. The first-order valence-corrected chi connectivity index (χ1v) is 6.00. The van der Waals surface area contributed by atoms with Gasteiger partial charge in [0, 0.05) is 12.6 Å². The number of hydrogen-bond acceptors (Lipinski definition) is 4. The van der Waals surface area contributed by atoms with E-state index in [0.29, 0.717) is 32.3 Å². The topological polar surface area (TPSA) is 73.6 Å². The Labute approximate surface area is 95.7 Å². The summed E-state index contributed by atoms with van der Waals surface area (Å²) in [7, 11) is 0. The Morgan fingerprint density at radius 3 is 2.88 bits per heavy atom. The first kappa shape index (κ1) is 11.8. The molecule has 0 radical (unpaired) electrons. The van der Waals surface area contributed by atoms with Gasteiger partial charge in [-0.2, -0.15) is 0 Å². The van der Waals surface area contributed by atoms with Crippen LogP contribution in [0.4, 0.5) is 0 Å². The van der Waals surface area contributed by atoms with Crippen LogP contribution in [-0.2, 0) is 14.3 Å². The van der Waals surface area contributed by atoms with Crippen LogP contribution in [0.15, 0.2) is 0 Å². The number of nitrogens with one attached hydrogen (secondary N) is 1. The summed E-state index contributed by atoms with van der Waals surface area (Å²) in [6.07, 6.45) is 2.92. The maximum atomic E-state index is 11.7. The number of amides is 1. The van der Waals surface area contributed by atoms with Crippen molar-refractivity contribution in [3.05, 3.63) is 0 Å². The van der Waals surface area contributed by atoms with Gasteiger partial charge in [-0.25, -0.2) is 0 Å². The van der Waals surface area contributed by atoms with Gasteiger partial charge < -0.3 is 20.5 Å². The highest BCUT2D eigenvalue weighted by Crippen LogP contribution is 2.23. The first-order chi connectivity index (χ1) is 7.77. The highest BCUT2D eigenvalue weighted by molar-refractivity contribution is 5.80. The molecular formula is C11H20N2O3. The second kappa shape index (κ2) is 5.61. The van der Waals surface area contributed by atoms with Gasteiger partial charge in [0.2, 0.25) is 0 Å². The lowest BCUT2D eigenvalue weighted by Crippen LogP contribution is -2.45. The van der Waals surface area contributed by atoms with Crippen molar-refractivity contribution in [1.82, 2.24) is 5.32 Å². The minimum atomic E-state index is -0.439. The minimum Gasteiger partial charge on any atom is -0.376 e. The highest BCUT2D eigenvalue weighted by Gasteiger charge is 2.27. The van der Waals surface area contributed by atoms with Gasteiger partial charge in [0.15, 0.2) is 6.10 Å². The molecule has 2 rings (SSSR count). The second-order valence-electron chi connectivity index (χ2n) is 4.53. The fourth-order valence-electron chi connectivity index (χ4n) is 2.30. The van der Waals surface area contributed by atoms with E-state index < -0.39 is 6.10 Å². The molecule has 1 saturated heterocycles. The van der Waals surface area contributed by atoms with Gasteiger partial charge in [0.1, 0.15) is 0 Å². The third kappa shape index (κ3) is 2.93. The van der Waals surface area contributed by atoms with E-state index in [4.69, 9.17) is 15.2 Å². The Hall–Kier alpha value is -0.650. The van der Waals surface area contributed by atoms with E-state index in [1.807, 2.05) is 0 Å². The Bertz CT molecular complexity index is 241. The Morgan fingerprint density at radius 1 is 1.38 bits per heavy atom. The van der Waals surface area contributed by atoms with Crippen molar-refractivity contribution in [2.45, 2.75) is 31.4 Å². The van der Waals surface area contributed by atoms with Crippen LogP contribution in [-0.4, -0.2) is 44.4 Å². The maximum Gasteiger partial charge on any atom is 0.251 e. The maximum absolute atomic E-state index is 11.7. The summed E-state index contributed by atoms with van der Waals surface area (Å²) in [6, 6.07) is 0.240. The average Bonchev–Trinajstić information content (AvgIpc) is 2.73. The van der Waals surface area contributed by atoms with Crippen LogP contribution in [0.2, 0.25) is 0 Å². The summed E-state index contributed by atoms with van der Waals surface area (Å²) < 4.78 is 10.5. The summed E-state index contributed by atoms with van der Waals surface area (Å²) in [5.74, 6) is 0.354. The normalized spacial score (nSPS) is 34.9. The third-order valence-electron chi connectivity index (χ3n) is 3.36. The molecule has 1 heterocycles. The Morgan fingerprint density at radius 2 is 2.25 bits per heavy atom. The molecule has 2 fully saturated rings. The number of ether oxygens (including phenoxy) is 2. The van der Waals surface area contributed by atoms with Crippen LogP contribution in [0, 0.1) is 5.92 Å². The summed E-state index contributed by atoms with van der Waals surface area (Å²) in [5, 5.41) is 2.90. The molecule has 92 valence electrons. The largest absolute Gasteiger partial charge is 0.376 e. The molecule has 1 aliphatic heterocycles. The van der Waals surface area contributed by atoms with Crippen LogP contribution in [0.5, 0.6) is 0 Å². The van der Waals surface area contributed by atoms with E-state index in [0.717, 1.165) is 12.8 Å². The Kier molecular flexibility index (Phi) is 4.15.